The zero-order valence-corrected chi connectivity index (χ0v) is 11.2. The topological polar surface area (TPSA) is 38.5 Å². The van der Waals surface area contributed by atoms with Gasteiger partial charge in [-0.25, -0.2) is 0 Å². The Morgan fingerprint density at radius 1 is 1.31 bits per heavy atom. The van der Waals surface area contributed by atoms with Crippen LogP contribution < -0.4 is 5.73 Å². The summed E-state index contributed by atoms with van der Waals surface area (Å²) in [6.45, 7) is 11.8. The molecule has 1 atom stereocenters. The highest BCUT2D eigenvalue weighted by molar-refractivity contribution is 4.79. The average Bonchev–Trinajstić information content (AvgIpc) is 2.26. The molecular formula is C13H28N2O. The molecule has 1 saturated heterocycles. The minimum absolute atomic E-state index is 0.250. The van der Waals surface area contributed by atoms with Crippen molar-refractivity contribution in [1.29, 1.82) is 0 Å². The maximum atomic E-state index is 5.67. The molecule has 1 aliphatic heterocycles. The Labute approximate surface area is 100 Å². The summed E-state index contributed by atoms with van der Waals surface area (Å²) in [7, 11) is 0. The molecule has 2 N–H and O–H groups in total. The molecule has 0 aliphatic carbocycles. The number of hydrogen-bond donors (Lipinski definition) is 1. The van der Waals surface area contributed by atoms with Crippen molar-refractivity contribution >= 4 is 0 Å². The van der Waals surface area contributed by atoms with Crippen LogP contribution in [0.5, 0.6) is 0 Å². The molecule has 1 rings (SSSR count). The highest BCUT2D eigenvalue weighted by atomic mass is 16.5. The molecule has 96 valence electrons. The molecule has 1 unspecified atom stereocenters. The molecule has 0 spiro atoms. The van der Waals surface area contributed by atoms with Gasteiger partial charge in [0.05, 0.1) is 6.10 Å². The Hall–Kier alpha value is -0.120. The van der Waals surface area contributed by atoms with Crippen molar-refractivity contribution in [3.05, 3.63) is 0 Å². The zero-order valence-electron chi connectivity index (χ0n) is 11.2. The monoisotopic (exact) mass is 228 g/mol. The zero-order chi connectivity index (χ0) is 12.0. The Kier molecular flexibility index (Phi) is 5.73. The molecule has 1 fully saturated rings. The van der Waals surface area contributed by atoms with Gasteiger partial charge in [-0.05, 0) is 44.7 Å². The van der Waals surface area contributed by atoms with Gasteiger partial charge in [0, 0.05) is 19.7 Å². The first-order valence-electron chi connectivity index (χ1n) is 6.61. The maximum Gasteiger partial charge on any atom is 0.0709 e. The van der Waals surface area contributed by atoms with E-state index < -0.39 is 0 Å². The van der Waals surface area contributed by atoms with Crippen LogP contribution in [0.3, 0.4) is 0 Å². The molecule has 0 saturated carbocycles. The SMILES string of the molecule is CCOC(CN)CCN1CCC(C)(C)CC1. The van der Waals surface area contributed by atoms with E-state index in [4.69, 9.17) is 10.5 Å². The van der Waals surface area contributed by atoms with E-state index >= 15 is 0 Å². The van der Waals surface area contributed by atoms with Gasteiger partial charge in [0.1, 0.15) is 0 Å². The lowest BCUT2D eigenvalue weighted by Gasteiger charge is -2.37. The number of rotatable bonds is 6. The summed E-state index contributed by atoms with van der Waals surface area (Å²) in [4.78, 5) is 2.55. The first-order valence-corrected chi connectivity index (χ1v) is 6.61. The molecule has 0 aromatic heterocycles. The van der Waals surface area contributed by atoms with Gasteiger partial charge in [-0.3, -0.25) is 0 Å². The Morgan fingerprint density at radius 3 is 2.44 bits per heavy atom. The lowest BCUT2D eigenvalue weighted by atomic mass is 9.82. The maximum absolute atomic E-state index is 5.67. The molecule has 3 nitrogen and oxygen atoms in total. The van der Waals surface area contributed by atoms with Crippen LogP contribution in [-0.4, -0.2) is 43.8 Å². The summed E-state index contributed by atoms with van der Waals surface area (Å²) >= 11 is 0. The van der Waals surface area contributed by atoms with Gasteiger partial charge in [0.2, 0.25) is 0 Å². The van der Waals surface area contributed by atoms with E-state index in [0.717, 1.165) is 19.6 Å². The quantitative estimate of drug-likeness (QED) is 0.754. The Morgan fingerprint density at radius 2 is 1.94 bits per heavy atom. The lowest BCUT2D eigenvalue weighted by molar-refractivity contribution is 0.0467. The Balaban J connectivity index is 2.18. The molecule has 0 aromatic carbocycles. The van der Waals surface area contributed by atoms with Crippen LogP contribution in [0.15, 0.2) is 0 Å². The minimum Gasteiger partial charge on any atom is -0.377 e. The standard InChI is InChI=1S/C13H28N2O/c1-4-16-12(11-14)5-8-15-9-6-13(2,3)7-10-15/h12H,4-11,14H2,1-3H3. The van der Waals surface area contributed by atoms with Crippen LogP contribution in [0.2, 0.25) is 0 Å². The van der Waals surface area contributed by atoms with Crippen molar-refractivity contribution in [3.63, 3.8) is 0 Å². The summed E-state index contributed by atoms with van der Waals surface area (Å²) in [5.41, 5.74) is 6.22. The minimum atomic E-state index is 0.250. The number of likely N-dealkylation sites (tertiary alicyclic amines) is 1. The van der Waals surface area contributed by atoms with Gasteiger partial charge in [-0.15, -0.1) is 0 Å². The van der Waals surface area contributed by atoms with Gasteiger partial charge in [-0.1, -0.05) is 13.8 Å². The van der Waals surface area contributed by atoms with Crippen molar-refractivity contribution < 1.29 is 4.74 Å². The first-order chi connectivity index (χ1) is 7.57. The molecular weight excluding hydrogens is 200 g/mol. The van der Waals surface area contributed by atoms with E-state index in [1.54, 1.807) is 0 Å². The van der Waals surface area contributed by atoms with Crippen LogP contribution in [0, 0.1) is 5.41 Å². The summed E-state index contributed by atoms with van der Waals surface area (Å²) in [6.07, 6.45) is 3.95. The lowest BCUT2D eigenvalue weighted by Crippen LogP contribution is -2.39. The predicted molar refractivity (Wildman–Crippen MR) is 68.5 cm³/mol. The number of hydrogen-bond acceptors (Lipinski definition) is 3. The van der Waals surface area contributed by atoms with Crippen LogP contribution in [-0.2, 0) is 4.74 Å². The second kappa shape index (κ2) is 6.58. The second-order valence-electron chi connectivity index (χ2n) is 5.61. The molecule has 0 radical (unpaired) electrons. The molecule has 0 bridgehead atoms. The summed E-state index contributed by atoms with van der Waals surface area (Å²) < 4.78 is 5.57. The summed E-state index contributed by atoms with van der Waals surface area (Å²) in [5.74, 6) is 0. The van der Waals surface area contributed by atoms with E-state index in [2.05, 4.69) is 18.7 Å². The number of nitrogens with zero attached hydrogens (tertiary/aromatic N) is 1. The van der Waals surface area contributed by atoms with E-state index in [0.29, 0.717) is 12.0 Å². The van der Waals surface area contributed by atoms with Crippen molar-refractivity contribution in [2.45, 2.75) is 46.1 Å². The smallest absolute Gasteiger partial charge is 0.0709 e. The highest BCUT2D eigenvalue weighted by Gasteiger charge is 2.25. The van der Waals surface area contributed by atoms with Gasteiger partial charge in [0.15, 0.2) is 0 Å². The third-order valence-corrected chi connectivity index (χ3v) is 3.64. The van der Waals surface area contributed by atoms with E-state index in [9.17, 15) is 0 Å². The fourth-order valence-electron chi connectivity index (χ4n) is 2.21. The van der Waals surface area contributed by atoms with Crippen LogP contribution in [0.25, 0.3) is 0 Å². The van der Waals surface area contributed by atoms with Crippen molar-refractivity contribution in [2.75, 3.05) is 32.8 Å². The molecule has 1 aliphatic rings. The average molecular weight is 228 g/mol. The fraction of sp³-hybridized carbons (Fsp3) is 1.00. The van der Waals surface area contributed by atoms with Gasteiger partial charge in [-0.2, -0.15) is 0 Å². The fourth-order valence-corrected chi connectivity index (χ4v) is 2.21. The molecule has 0 amide bonds. The summed E-state index contributed by atoms with van der Waals surface area (Å²) in [6, 6.07) is 0. The van der Waals surface area contributed by atoms with Gasteiger partial charge in [0.25, 0.3) is 0 Å². The third-order valence-electron chi connectivity index (χ3n) is 3.64. The Bertz CT molecular complexity index is 184. The van der Waals surface area contributed by atoms with Crippen LogP contribution in [0.4, 0.5) is 0 Å². The largest absolute Gasteiger partial charge is 0.377 e. The van der Waals surface area contributed by atoms with Gasteiger partial charge < -0.3 is 15.4 Å². The van der Waals surface area contributed by atoms with E-state index in [1.165, 1.54) is 25.9 Å². The highest BCUT2D eigenvalue weighted by Crippen LogP contribution is 2.29. The number of piperidine rings is 1. The van der Waals surface area contributed by atoms with Crippen molar-refractivity contribution in [3.8, 4) is 0 Å². The normalized spacial score (nSPS) is 23.2. The molecule has 16 heavy (non-hydrogen) atoms. The number of nitrogens with two attached hydrogens (primary N) is 1. The van der Waals surface area contributed by atoms with E-state index in [1.807, 2.05) is 6.92 Å². The third kappa shape index (κ3) is 4.81. The second-order valence-corrected chi connectivity index (χ2v) is 5.61. The molecule has 1 heterocycles. The first kappa shape index (κ1) is 13.9. The van der Waals surface area contributed by atoms with Crippen molar-refractivity contribution in [2.24, 2.45) is 11.1 Å². The molecule has 0 aromatic rings. The van der Waals surface area contributed by atoms with Crippen LogP contribution in [0.1, 0.15) is 40.0 Å². The number of ether oxygens (including phenoxy) is 1. The predicted octanol–water partition coefficient (Wildman–Crippen LogP) is 1.86. The summed E-state index contributed by atoms with van der Waals surface area (Å²) in [5, 5.41) is 0. The van der Waals surface area contributed by atoms with Gasteiger partial charge >= 0.3 is 0 Å². The molecule has 3 heteroatoms. The van der Waals surface area contributed by atoms with Crippen molar-refractivity contribution in [1.82, 2.24) is 4.90 Å². The van der Waals surface area contributed by atoms with E-state index in [-0.39, 0.29) is 6.10 Å². The van der Waals surface area contributed by atoms with Crippen LogP contribution >= 0.6 is 0 Å².